The van der Waals surface area contributed by atoms with Crippen LogP contribution in [0.4, 0.5) is 0 Å². The maximum absolute atomic E-state index is 9.16. The van der Waals surface area contributed by atoms with Crippen LogP contribution < -0.4 is 10.5 Å². The number of hydrogen-bond donors (Lipinski definition) is 2. The first-order chi connectivity index (χ1) is 8.78. The number of nitrogens with zero attached hydrogens (tertiary/aromatic N) is 1. The van der Waals surface area contributed by atoms with Crippen LogP contribution in [0.15, 0.2) is 42.6 Å². The van der Waals surface area contributed by atoms with Gasteiger partial charge >= 0.3 is 0 Å². The second-order valence-electron chi connectivity index (χ2n) is 3.98. The van der Waals surface area contributed by atoms with Crippen molar-refractivity contribution in [2.75, 3.05) is 6.54 Å². The zero-order valence-corrected chi connectivity index (χ0v) is 10.0. The van der Waals surface area contributed by atoms with Gasteiger partial charge in [-0.15, -0.1) is 0 Å². The Morgan fingerprint density at radius 3 is 2.50 bits per heavy atom. The van der Waals surface area contributed by atoms with Gasteiger partial charge in [-0.1, -0.05) is 12.1 Å². The second kappa shape index (κ2) is 6.02. The molecule has 0 saturated heterocycles. The van der Waals surface area contributed by atoms with Gasteiger partial charge in [0.1, 0.15) is 18.1 Å². The third-order valence-electron chi connectivity index (χ3n) is 2.54. The molecule has 2 rings (SSSR count). The molecule has 2 aromatic rings. The summed E-state index contributed by atoms with van der Waals surface area (Å²) in [6, 6.07) is 10.7. The van der Waals surface area contributed by atoms with Crippen LogP contribution in [0.25, 0.3) is 0 Å². The molecule has 18 heavy (non-hydrogen) atoms. The number of phenols is 1. The zero-order valence-electron chi connectivity index (χ0n) is 10.0. The van der Waals surface area contributed by atoms with Crippen LogP contribution in [0.2, 0.25) is 0 Å². The minimum absolute atomic E-state index is 0.256. The summed E-state index contributed by atoms with van der Waals surface area (Å²) in [5.74, 6) is 0.982. The Morgan fingerprint density at radius 2 is 1.89 bits per heavy atom. The summed E-state index contributed by atoms with van der Waals surface area (Å²) in [5.41, 5.74) is 7.42. The minimum atomic E-state index is 0.256. The number of nitrogens with two attached hydrogens (primary N) is 1. The highest BCUT2D eigenvalue weighted by Gasteiger charge is 1.98. The van der Waals surface area contributed by atoms with E-state index in [1.54, 1.807) is 18.3 Å². The molecule has 0 radical (unpaired) electrons. The summed E-state index contributed by atoms with van der Waals surface area (Å²) >= 11 is 0. The second-order valence-corrected chi connectivity index (χ2v) is 3.98. The molecule has 4 nitrogen and oxygen atoms in total. The van der Waals surface area contributed by atoms with E-state index in [0.29, 0.717) is 13.2 Å². The Balaban J connectivity index is 1.91. The number of benzene rings is 1. The number of rotatable bonds is 5. The Bertz CT molecular complexity index is 480. The number of phenolic OH excluding ortho intramolecular Hbond substituents is 1. The van der Waals surface area contributed by atoms with Crippen molar-refractivity contribution in [1.29, 1.82) is 0 Å². The number of hydrogen-bond acceptors (Lipinski definition) is 4. The van der Waals surface area contributed by atoms with Gasteiger partial charge in [0.2, 0.25) is 0 Å². The van der Waals surface area contributed by atoms with Gasteiger partial charge < -0.3 is 15.6 Å². The topological polar surface area (TPSA) is 68.4 Å². The van der Waals surface area contributed by atoms with Gasteiger partial charge in [-0.25, -0.2) is 0 Å². The van der Waals surface area contributed by atoms with E-state index in [4.69, 9.17) is 15.6 Å². The van der Waals surface area contributed by atoms with E-state index in [9.17, 15) is 0 Å². The molecule has 3 N–H and O–H groups in total. The fraction of sp³-hybridized carbons (Fsp3) is 0.214. The van der Waals surface area contributed by atoms with Crippen molar-refractivity contribution in [3.05, 3.63) is 53.9 Å². The summed E-state index contributed by atoms with van der Waals surface area (Å²) in [4.78, 5) is 4.25. The summed E-state index contributed by atoms with van der Waals surface area (Å²) in [6.07, 6.45) is 2.48. The summed E-state index contributed by atoms with van der Waals surface area (Å²) < 4.78 is 5.59. The maximum atomic E-state index is 9.16. The lowest BCUT2D eigenvalue weighted by Crippen LogP contribution is -2.04. The molecular formula is C14H16N2O2. The molecule has 1 aromatic heterocycles. The Hall–Kier alpha value is -2.07. The normalized spacial score (nSPS) is 10.3. The molecule has 0 unspecified atom stereocenters. The minimum Gasteiger partial charge on any atom is -0.508 e. The first-order valence-electron chi connectivity index (χ1n) is 5.83. The van der Waals surface area contributed by atoms with Gasteiger partial charge in [-0.2, -0.15) is 0 Å². The lowest BCUT2D eigenvalue weighted by molar-refractivity contribution is 0.304. The van der Waals surface area contributed by atoms with E-state index >= 15 is 0 Å². The highest BCUT2D eigenvalue weighted by Crippen LogP contribution is 2.14. The third-order valence-corrected chi connectivity index (χ3v) is 2.54. The summed E-state index contributed by atoms with van der Waals surface area (Å²) in [7, 11) is 0. The van der Waals surface area contributed by atoms with E-state index in [-0.39, 0.29) is 5.75 Å². The van der Waals surface area contributed by atoms with Gasteiger partial charge in [0.25, 0.3) is 0 Å². The van der Waals surface area contributed by atoms with E-state index in [1.807, 2.05) is 24.3 Å². The predicted molar refractivity (Wildman–Crippen MR) is 69.4 cm³/mol. The average Bonchev–Trinajstić information content (AvgIpc) is 2.40. The van der Waals surface area contributed by atoms with E-state index in [2.05, 4.69) is 4.98 Å². The molecule has 0 aliphatic rings. The quantitative estimate of drug-likeness (QED) is 0.842. The molecule has 0 bridgehead atoms. The lowest BCUT2D eigenvalue weighted by atomic mass is 10.2. The van der Waals surface area contributed by atoms with Gasteiger partial charge in [0, 0.05) is 12.1 Å². The summed E-state index contributed by atoms with van der Waals surface area (Å²) in [6.45, 7) is 1.05. The zero-order chi connectivity index (χ0) is 12.8. The lowest BCUT2D eigenvalue weighted by Gasteiger charge is -2.06. The Morgan fingerprint density at radius 1 is 1.11 bits per heavy atom. The van der Waals surface area contributed by atoms with Gasteiger partial charge in [0.05, 0.1) is 6.20 Å². The van der Waals surface area contributed by atoms with Crippen molar-refractivity contribution in [2.45, 2.75) is 13.0 Å². The van der Waals surface area contributed by atoms with E-state index in [1.165, 1.54) is 0 Å². The maximum Gasteiger partial charge on any atom is 0.138 e. The van der Waals surface area contributed by atoms with Crippen LogP contribution >= 0.6 is 0 Å². The van der Waals surface area contributed by atoms with Crippen LogP contribution in [-0.4, -0.2) is 16.6 Å². The molecule has 0 amide bonds. The molecular weight excluding hydrogens is 228 g/mol. The van der Waals surface area contributed by atoms with Crippen molar-refractivity contribution in [3.63, 3.8) is 0 Å². The molecule has 0 spiro atoms. The molecule has 94 valence electrons. The number of pyridine rings is 1. The van der Waals surface area contributed by atoms with Crippen LogP contribution in [0.5, 0.6) is 11.5 Å². The van der Waals surface area contributed by atoms with Crippen LogP contribution in [0.1, 0.15) is 11.3 Å². The Kier molecular flexibility index (Phi) is 4.15. The van der Waals surface area contributed by atoms with Crippen molar-refractivity contribution in [2.24, 2.45) is 5.73 Å². The molecule has 0 saturated carbocycles. The number of aromatic nitrogens is 1. The molecule has 0 atom stereocenters. The van der Waals surface area contributed by atoms with Crippen LogP contribution in [-0.2, 0) is 13.0 Å². The first kappa shape index (κ1) is 12.4. The smallest absolute Gasteiger partial charge is 0.138 e. The number of aromatic hydroxyl groups is 1. The van der Waals surface area contributed by atoms with Crippen molar-refractivity contribution >= 4 is 0 Å². The van der Waals surface area contributed by atoms with E-state index < -0.39 is 0 Å². The molecule has 1 aromatic carbocycles. The first-order valence-corrected chi connectivity index (χ1v) is 5.83. The predicted octanol–water partition coefficient (Wildman–Crippen LogP) is 1.87. The number of ether oxygens (including phenoxy) is 1. The molecule has 0 fully saturated rings. The largest absolute Gasteiger partial charge is 0.508 e. The third kappa shape index (κ3) is 3.46. The molecule has 4 heteroatoms. The van der Waals surface area contributed by atoms with Gasteiger partial charge in [0.15, 0.2) is 0 Å². The van der Waals surface area contributed by atoms with Crippen molar-refractivity contribution in [1.82, 2.24) is 4.98 Å². The van der Waals surface area contributed by atoms with Gasteiger partial charge in [-0.05, 0) is 36.4 Å². The standard InChI is InChI=1S/C14H16N2O2/c15-8-7-12-3-6-14(9-16-12)18-10-11-1-4-13(17)5-2-11/h1-6,9,17H,7-8,10,15H2. The highest BCUT2D eigenvalue weighted by molar-refractivity contribution is 5.26. The Labute approximate surface area is 106 Å². The van der Waals surface area contributed by atoms with Crippen molar-refractivity contribution in [3.8, 4) is 11.5 Å². The molecule has 0 aliphatic carbocycles. The fourth-order valence-corrected chi connectivity index (χ4v) is 1.55. The highest BCUT2D eigenvalue weighted by atomic mass is 16.5. The van der Waals surface area contributed by atoms with Crippen molar-refractivity contribution < 1.29 is 9.84 Å². The van der Waals surface area contributed by atoms with Crippen LogP contribution in [0.3, 0.4) is 0 Å². The molecule has 0 aliphatic heterocycles. The van der Waals surface area contributed by atoms with E-state index in [0.717, 1.165) is 23.4 Å². The molecule has 1 heterocycles. The fourth-order valence-electron chi connectivity index (χ4n) is 1.55. The summed E-state index contributed by atoms with van der Waals surface area (Å²) in [5, 5.41) is 9.16. The van der Waals surface area contributed by atoms with Gasteiger partial charge in [-0.3, -0.25) is 4.98 Å². The average molecular weight is 244 g/mol. The van der Waals surface area contributed by atoms with Crippen LogP contribution in [0, 0.1) is 0 Å². The monoisotopic (exact) mass is 244 g/mol. The SMILES string of the molecule is NCCc1ccc(OCc2ccc(O)cc2)cn1.